The first-order chi connectivity index (χ1) is 3.45. The van der Waals surface area contributed by atoms with E-state index in [1.54, 1.807) is 0 Å². The predicted molar refractivity (Wildman–Crippen MR) is 29.1 cm³/mol. The van der Waals surface area contributed by atoms with Gasteiger partial charge in [0.25, 0.3) is 0 Å². The van der Waals surface area contributed by atoms with E-state index >= 15 is 0 Å². The first-order valence-corrected chi connectivity index (χ1v) is 2.86. The van der Waals surface area contributed by atoms with Crippen LogP contribution in [0.2, 0.25) is 0 Å². The fourth-order valence-electron chi connectivity index (χ4n) is 0.752. The highest BCUT2D eigenvalue weighted by molar-refractivity contribution is 5.14. The van der Waals surface area contributed by atoms with Crippen molar-refractivity contribution in [3.63, 3.8) is 0 Å². The van der Waals surface area contributed by atoms with Crippen molar-refractivity contribution in [1.82, 2.24) is 4.90 Å². The molecule has 1 heteroatoms. The molecule has 0 saturated carbocycles. The minimum Gasteiger partial charge on any atom is -0.300 e. The number of rotatable bonds is 2. The van der Waals surface area contributed by atoms with E-state index in [0.717, 1.165) is 5.92 Å². The lowest BCUT2D eigenvalue weighted by atomic mass is 10.4. The third-order valence-corrected chi connectivity index (χ3v) is 1.47. The topological polar surface area (TPSA) is 3.01 Å². The minimum atomic E-state index is 0.863. The zero-order valence-corrected chi connectivity index (χ0v) is 4.30. The van der Waals surface area contributed by atoms with Gasteiger partial charge in [-0.15, -0.1) is 0 Å². The predicted octanol–water partition coefficient (Wildman–Crippen LogP) is 0.488. The molecule has 1 saturated heterocycles. The van der Waals surface area contributed by atoms with Crippen molar-refractivity contribution in [3.05, 3.63) is 12.2 Å². The Balaban J connectivity index is 1.71. The zero-order valence-electron chi connectivity index (χ0n) is 4.30. The quantitative estimate of drug-likeness (QED) is 0.356. The Morgan fingerprint density at radius 3 is 2.57 bits per heavy atom. The summed E-state index contributed by atoms with van der Waals surface area (Å²) in [6.45, 7) is 4.00. The van der Waals surface area contributed by atoms with Gasteiger partial charge in [-0.2, -0.15) is 0 Å². The summed E-state index contributed by atoms with van der Waals surface area (Å²) in [7, 11) is 0. The molecule has 38 valence electrons. The summed E-state index contributed by atoms with van der Waals surface area (Å²) >= 11 is 0. The average molecular weight is 95.1 g/mol. The summed E-state index contributed by atoms with van der Waals surface area (Å²) in [5, 5.41) is 0. The third-order valence-electron chi connectivity index (χ3n) is 1.47. The van der Waals surface area contributed by atoms with Crippen molar-refractivity contribution in [2.45, 2.75) is 0 Å². The maximum atomic E-state index is 2.45. The summed E-state index contributed by atoms with van der Waals surface area (Å²) < 4.78 is 0. The normalized spacial score (nSPS) is 28.6. The molecule has 1 aliphatic carbocycles. The lowest BCUT2D eigenvalue weighted by molar-refractivity contribution is 0.539. The summed E-state index contributed by atoms with van der Waals surface area (Å²) in [4.78, 5) is 2.45. The Kier molecular flexibility index (Phi) is 0.577. The van der Waals surface area contributed by atoms with Crippen LogP contribution >= 0.6 is 0 Å². The molecule has 1 aliphatic heterocycles. The highest BCUT2D eigenvalue weighted by Crippen LogP contribution is 2.19. The summed E-state index contributed by atoms with van der Waals surface area (Å²) in [5.41, 5.74) is 0. The highest BCUT2D eigenvalue weighted by atomic mass is 15.3. The van der Waals surface area contributed by atoms with E-state index in [9.17, 15) is 0 Å². The van der Waals surface area contributed by atoms with Gasteiger partial charge in [0.2, 0.25) is 0 Å². The van der Waals surface area contributed by atoms with E-state index in [-0.39, 0.29) is 0 Å². The first-order valence-electron chi connectivity index (χ1n) is 2.86. The number of hydrogen-bond donors (Lipinski definition) is 0. The van der Waals surface area contributed by atoms with Gasteiger partial charge in [-0.3, -0.25) is 4.90 Å². The van der Waals surface area contributed by atoms with Gasteiger partial charge in [0.1, 0.15) is 0 Å². The Bertz CT molecular complexity index is 96.7. The summed E-state index contributed by atoms with van der Waals surface area (Å²) in [5.74, 6) is 0.863. The van der Waals surface area contributed by atoms with E-state index in [4.69, 9.17) is 0 Å². The van der Waals surface area contributed by atoms with Crippen molar-refractivity contribution in [2.24, 2.45) is 5.92 Å². The fraction of sp³-hybridized carbons (Fsp3) is 0.667. The van der Waals surface area contributed by atoms with E-state index in [0.29, 0.717) is 0 Å². The summed E-state index contributed by atoms with van der Waals surface area (Å²) in [6.07, 6.45) is 4.52. The smallest absolute Gasteiger partial charge is 0.0110 e. The van der Waals surface area contributed by atoms with Crippen LogP contribution in [0.25, 0.3) is 0 Å². The van der Waals surface area contributed by atoms with Gasteiger partial charge >= 0.3 is 0 Å². The Morgan fingerprint density at radius 2 is 2.14 bits per heavy atom. The number of nitrogens with zero attached hydrogens (tertiary/aromatic N) is 1. The van der Waals surface area contributed by atoms with Gasteiger partial charge in [-0.25, -0.2) is 0 Å². The lowest BCUT2D eigenvalue weighted by Crippen LogP contribution is -2.00. The summed E-state index contributed by atoms with van der Waals surface area (Å²) in [6, 6.07) is 0. The maximum absolute atomic E-state index is 2.45. The van der Waals surface area contributed by atoms with E-state index in [2.05, 4.69) is 17.1 Å². The molecule has 0 aromatic carbocycles. The third kappa shape index (κ3) is 0.829. The first kappa shape index (κ1) is 3.67. The molecule has 0 N–H and O–H groups in total. The van der Waals surface area contributed by atoms with Crippen molar-refractivity contribution < 1.29 is 0 Å². The van der Waals surface area contributed by atoms with Crippen LogP contribution in [0.3, 0.4) is 0 Å². The van der Waals surface area contributed by atoms with Crippen LogP contribution in [0, 0.1) is 5.92 Å². The second kappa shape index (κ2) is 1.10. The molecule has 1 nitrogen and oxygen atoms in total. The van der Waals surface area contributed by atoms with Crippen LogP contribution in [0.5, 0.6) is 0 Å². The monoisotopic (exact) mass is 95.1 g/mol. The van der Waals surface area contributed by atoms with Gasteiger partial charge < -0.3 is 0 Å². The SMILES string of the molecule is C1=CC1CN1CC1. The van der Waals surface area contributed by atoms with Gasteiger partial charge in [-0.05, 0) is 0 Å². The van der Waals surface area contributed by atoms with Crippen LogP contribution in [0.4, 0.5) is 0 Å². The molecule has 0 amide bonds. The molecule has 0 aromatic heterocycles. The second-order valence-electron chi connectivity index (χ2n) is 2.35. The van der Waals surface area contributed by atoms with Crippen LogP contribution in [0.1, 0.15) is 0 Å². The molecule has 2 rings (SSSR count). The van der Waals surface area contributed by atoms with E-state index in [1.165, 1.54) is 19.6 Å². The second-order valence-corrected chi connectivity index (χ2v) is 2.35. The Morgan fingerprint density at radius 1 is 1.43 bits per heavy atom. The lowest BCUT2D eigenvalue weighted by Gasteiger charge is -1.92. The molecule has 0 atom stereocenters. The van der Waals surface area contributed by atoms with Crippen LogP contribution < -0.4 is 0 Å². The van der Waals surface area contributed by atoms with Crippen LogP contribution in [-0.4, -0.2) is 24.5 Å². The Labute approximate surface area is 43.6 Å². The van der Waals surface area contributed by atoms with E-state index in [1.807, 2.05) is 0 Å². The standard InChI is InChI=1S/C6H9N/c1-2-6(1)5-7-3-4-7/h1-2,6H,3-5H2. The van der Waals surface area contributed by atoms with Crippen molar-refractivity contribution >= 4 is 0 Å². The maximum Gasteiger partial charge on any atom is 0.0110 e. The van der Waals surface area contributed by atoms with Crippen LogP contribution in [-0.2, 0) is 0 Å². The molecule has 0 aromatic rings. The van der Waals surface area contributed by atoms with Gasteiger partial charge in [0.15, 0.2) is 0 Å². The molecular formula is C6H9N. The van der Waals surface area contributed by atoms with Crippen LogP contribution in [0.15, 0.2) is 12.2 Å². The molecule has 1 fully saturated rings. The zero-order chi connectivity index (χ0) is 4.69. The van der Waals surface area contributed by atoms with Gasteiger partial charge in [0, 0.05) is 25.6 Å². The average Bonchev–Trinajstić information content (AvgIpc) is 2.33. The molecular weight excluding hydrogens is 86.1 g/mol. The largest absolute Gasteiger partial charge is 0.300 e. The highest BCUT2D eigenvalue weighted by Gasteiger charge is 2.22. The molecule has 0 spiro atoms. The molecule has 2 aliphatic rings. The van der Waals surface area contributed by atoms with Gasteiger partial charge in [0.05, 0.1) is 0 Å². The molecule has 0 radical (unpaired) electrons. The van der Waals surface area contributed by atoms with Gasteiger partial charge in [-0.1, -0.05) is 12.2 Å². The number of hydrogen-bond acceptors (Lipinski definition) is 1. The molecule has 0 bridgehead atoms. The van der Waals surface area contributed by atoms with E-state index < -0.39 is 0 Å². The van der Waals surface area contributed by atoms with Crippen molar-refractivity contribution in [2.75, 3.05) is 19.6 Å². The molecule has 7 heavy (non-hydrogen) atoms. The van der Waals surface area contributed by atoms with Crippen molar-refractivity contribution in [3.8, 4) is 0 Å². The minimum absolute atomic E-state index is 0.863. The molecule has 1 heterocycles. The molecule has 0 unspecified atom stereocenters. The Hall–Kier alpha value is -0.300. The van der Waals surface area contributed by atoms with Crippen molar-refractivity contribution in [1.29, 1.82) is 0 Å². The fourth-order valence-corrected chi connectivity index (χ4v) is 0.752.